The molecule has 0 unspecified atom stereocenters. The minimum atomic E-state index is -4.27. The summed E-state index contributed by atoms with van der Waals surface area (Å²) in [5.74, 6) is 0.189. The molecular weight excluding hydrogens is 388 g/mol. The fraction of sp³-hybridized carbons (Fsp3) is 0.444. The predicted octanol–water partition coefficient (Wildman–Crippen LogP) is 1.41. The molecule has 9 heteroatoms. The van der Waals surface area contributed by atoms with Gasteiger partial charge in [0.15, 0.2) is 5.69 Å². The van der Waals surface area contributed by atoms with Crippen LogP contribution in [0.4, 0.5) is 0 Å². The van der Waals surface area contributed by atoms with Crippen LogP contribution in [0.3, 0.4) is 0 Å². The summed E-state index contributed by atoms with van der Waals surface area (Å²) in [6, 6.07) is 5.78. The topological polar surface area (TPSA) is 90.6 Å². The molecule has 1 aliphatic rings. The number of hydrogen-bond donors (Lipinski definition) is 0. The molecule has 148 valence electrons. The van der Waals surface area contributed by atoms with Crippen LogP contribution in [0.1, 0.15) is 16.1 Å². The first-order valence-corrected chi connectivity index (χ1v) is 10.8. The molecule has 0 saturated carbocycles. The highest BCUT2D eigenvalue weighted by Gasteiger charge is 2.22. The average molecular weight is 413 g/mol. The van der Waals surface area contributed by atoms with Crippen LogP contribution in [0.15, 0.2) is 34.7 Å². The molecule has 2 aromatic rings. The predicted molar refractivity (Wildman–Crippen MR) is 101 cm³/mol. The van der Waals surface area contributed by atoms with Crippen LogP contribution in [-0.2, 0) is 26.2 Å². The zero-order valence-electron chi connectivity index (χ0n) is 15.7. The van der Waals surface area contributed by atoms with Gasteiger partial charge in [-0.1, -0.05) is 29.0 Å². The molecule has 7 nitrogen and oxygen atoms in total. The van der Waals surface area contributed by atoms with Gasteiger partial charge in [0.25, 0.3) is 5.91 Å². The fourth-order valence-electron chi connectivity index (χ4n) is 2.43. The van der Waals surface area contributed by atoms with Crippen molar-refractivity contribution in [3.05, 3.63) is 45.9 Å². The summed E-state index contributed by atoms with van der Waals surface area (Å²) in [4.78, 5) is 15.0. The normalized spacial score (nSPS) is 14.4. The number of thiazole rings is 1. The van der Waals surface area contributed by atoms with E-state index in [9.17, 15) is 17.8 Å². The van der Waals surface area contributed by atoms with Gasteiger partial charge >= 0.3 is 0 Å². The second-order valence-corrected chi connectivity index (χ2v) is 8.69. The fourth-order valence-corrected chi connectivity index (χ4v) is 3.70. The Morgan fingerprint density at radius 2 is 1.78 bits per heavy atom. The molecule has 1 saturated heterocycles. The van der Waals surface area contributed by atoms with Gasteiger partial charge in [-0.05, 0) is 26.0 Å². The SMILES string of the molecule is Cc1ccc(S(=O)(=O)[O-])cc1.Cc1sc[n+](CC(=O)N2CCOCC2)c1C. The van der Waals surface area contributed by atoms with Crippen LogP contribution < -0.4 is 4.57 Å². The highest BCUT2D eigenvalue weighted by molar-refractivity contribution is 7.85. The summed E-state index contributed by atoms with van der Waals surface area (Å²) in [6.45, 7) is 9.19. The van der Waals surface area contributed by atoms with Crippen molar-refractivity contribution in [2.45, 2.75) is 32.2 Å². The Morgan fingerprint density at radius 3 is 2.26 bits per heavy atom. The van der Waals surface area contributed by atoms with E-state index in [1.807, 2.05) is 21.9 Å². The number of rotatable bonds is 3. The van der Waals surface area contributed by atoms with Crippen molar-refractivity contribution in [1.82, 2.24) is 4.90 Å². The van der Waals surface area contributed by atoms with Crippen molar-refractivity contribution in [1.29, 1.82) is 0 Å². The van der Waals surface area contributed by atoms with Crippen molar-refractivity contribution < 1.29 is 27.1 Å². The lowest BCUT2D eigenvalue weighted by Crippen LogP contribution is -2.48. The van der Waals surface area contributed by atoms with Crippen LogP contribution >= 0.6 is 11.3 Å². The van der Waals surface area contributed by atoms with Crippen molar-refractivity contribution in [2.24, 2.45) is 0 Å². The van der Waals surface area contributed by atoms with Gasteiger partial charge in [0.05, 0.1) is 23.0 Å². The number of carbonyl (C=O) groups excluding carboxylic acids is 1. The van der Waals surface area contributed by atoms with Gasteiger partial charge < -0.3 is 14.2 Å². The molecule has 0 bridgehead atoms. The van der Waals surface area contributed by atoms with Crippen molar-refractivity contribution >= 4 is 27.4 Å². The molecular formula is C18H24N2O5S2. The number of benzene rings is 1. The number of carbonyl (C=O) groups is 1. The molecule has 27 heavy (non-hydrogen) atoms. The number of aryl methyl sites for hydroxylation is 2. The maximum Gasteiger partial charge on any atom is 0.288 e. The van der Waals surface area contributed by atoms with E-state index in [-0.39, 0.29) is 10.8 Å². The Balaban J connectivity index is 0.000000208. The maximum absolute atomic E-state index is 12.0. The lowest BCUT2D eigenvalue weighted by atomic mass is 10.2. The Morgan fingerprint density at radius 1 is 1.19 bits per heavy atom. The third-order valence-corrected chi connectivity index (χ3v) is 6.13. The zero-order valence-corrected chi connectivity index (χ0v) is 17.3. The first kappa shape index (κ1) is 21.5. The summed E-state index contributed by atoms with van der Waals surface area (Å²) in [5, 5.41) is 0. The molecule has 3 rings (SSSR count). The lowest BCUT2D eigenvalue weighted by molar-refractivity contribution is -0.686. The van der Waals surface area contributed by atoms with Crippen molar-refractivity contribution in [2.75, 3.05) is 26.3 Å². The summed E-state index contributed by atoms with van der Waals surface area (Å²) < 4.78 is 38.4. The smallest absolute Gasteiger partial charge is 0.288 e. The summed E-state index contributed by atoms with van der Waals surface area (Å²) in [6.07, 6.45) is 0. The standard InChI is InChI=1S/C11H17N2O2S.C7H8O3S/c1-9-10(2)16-8-13(9)7-11(14)12-3-5-15-6-4-12;1-6-2-4-7(5-3-6)11(8,9)10/h8H,3-7H2,1-2H3;2-5H,1H3,(H,8,9,10)/q+1;/p-1. The second-order valence-electron chi connectivity index (χ2n) is 6.25. The van der Waals surface area contributed by atoms with Gasteiger partial charge in [0, 0.05) is 20.0 Å². The molecule has 1 aliphatic heterocycles. The number of nitrogens with zero attached hydrogens (tertiary/aromatic N) is 2. The van der Waals surface area contributed by atoms with E-state index in [1.165, 1.54) is 22.7 Å². The van der Waals surface area contributed by atoms with Crippen molar-refractivity contribution in [3.63, 3.8) is 0 Å². The van der Waals surface area contributed by atoms with Gasteiger partial charge in [-0.15, -0.1) is 0 Å². The van der Waals surface area contributed by atoms with E-state index in [2.05, 4.69) is 13.8 Å². The molecule has 1 amide bonds. The van der Waals surface area contributed by atoms with Gasteiger partial charge in [-0.25, -0.2) is 8.42 Å². The number of morpholine rings is 1. The highest BCUT2D eigenvalue weighted by Crippen LogP contribution is 2.09. The lowest BCUT2D eigenvalue weighted by Gasteiger charge is -2.25. The van der Waals surface area contributed by atoms with Crippen LogP contribution in [-0.4, -0.2) is 50.1 Å². The largest absolute Gasteiger partial charge is 0.744 e. The van der Waals surface area contributed by atoms with E-state index in [4.69, 9.17) is 4.74 Å². The molecule has 0 N–H and O–H groups in total. The van der Waals surface area contributed by atoms with E-state index < -0.39 is 10.1 Å². The minimum Gasteiger partial charge on any atom is -0.744 e. The average Bonchev–Trinajstić information content (AvgIpc) is 2.95. The van der Waals surface area contributed by atoms with Crippen LogP contribution in [0.2, 0.25) is 0 Å². The maximum atomic E-state index is 12.0. The Bertz CT molecular complexity index is 870. The molecule has 0 atom stereocenters. The number of hydrogen-bond acceptors (Lipinski definition) is 6. The summed E-state index contributed by atoms with van der Waals surface area (Å²) in [7, 11) is -4.27. The summed E-state index contributed by atoms with van der Waals surface area (Å²) >= 11 is 1.69. The van der Waals surface area contributed by atoms with Crippen molar-refractivity contribution in [3.8, 4) is 0 Å². The third-order valence-electron chi connectivity index (χ3n) is 4.28. The first-order valence-electron chi connectivity index (χ1n) is 8.50. The quantitative estimate of drug-likeness (QED) is 0.562. The van der Waals surface area contributed by atoms with Crippen LogP contribution in [0.5, 0.6) is 0 Å². The first-order chi connectivity index (χ1) is 12.7. The van der Waals surface area contributed by atoms with Crippen LogP contribution in [0, 0.1) is 20.8 Å². The van der Waals surface area contributed by atoms with Gasteiger partial charge in [0.1, 0.15) is 10.1 Å². The number of amides is 1. The highest BCUT2D eigenvalue weighted by atomic mass is 32.2. The molecule has 1 fully saturated rings. The van der Waals surface area contributed by atoms with Gasteiger partial charge in [0.2, 0.25) is 12.1 Å². The van der Waals surface area contributed by atoms with Crippen LogP contribution in [0.25, 0.3) is 0 Å². The zero-order chi connectivity index (χ0) is 20.0. The number of aromatic nitrogens is 1. The number of ether oxygens (including phenoxy) is 1. The van der Waals surface area contributed by atoms with Gasteiger partial charge in [-0.3, -0.25) is 4.79 Å². The van der Waals surface area contributed by atoms with E-state index in [0.29, 0.717) is 19.8 Å². The molecule has 0 aliphatic carbocycles. The third kappa shape index (κ3) is 6.39. The molecule has 0 radical (unpaired) electrons. The Kier molecular flexibility index (Phi) is 7.49. The monoisotopic (exact) mass is 412 g/mol. The minimum absolute atomic E-state index is 0.178. The molecule has 1 aromatic heterocycles. The van der Waals surface area contributed by atoms with Gasteiger partial charge in [-0.2, -0.15) is 4.57 Å². The van der Waals surface area contributed by atoms with E-state index in [0.717, 1.165) is 18.7 Å². The van der Waals surface area contributed by atoms with E-state index >= 15 is 0 Å². The molecule has 0 spiro atoms. The Hall–Kier alpha value is -1.81. The molecule has 1 aromatic carbocycles. The second kappa shape index (κ2) is 9.41. The molecule has 2 heterocycles. The van der Waals surface area contributed by atoms with E-state index in [1.54, 1.807) is 23.5 Å². The summed E-state index contributed by atoms with van der Waals surface area (Å²) in [5.41, 5.74) is 4.13. The Labute approximate surface area is 164 Å².